The Labute approximate surface area is 111 Å². The smallest absolute Gasteiger partial charge is 0.253 e. The lowest BCUT2D eigenvalue weighted by molar-refractivity contribution is 0.0924. The van der Waals surface area contributed by atoms with Crippen LogP contribution in [0, 0.1) is 0 Å². The number of aromatic nitrogens is 2. The highest BCUT2D eigenvalue weighted by molar-refractivity contribution is 6.04. The minimum atomic E-state index is -0.442. The largest absolute Gasteiger partial charge is 0.393 e. The van der Waals surface area contributed by atoms with E-state index in [4.69, 9.17) is 0 Å². The molecule has 0 fully saturated rings. The van der Waals surface area contributed by atoms with Gasteiger partial charge in [-0.2, -0.15) is 0 Å². The van der Waals surface area contributed by atoms with Gasteiger partial charge in [0.05, 0.1) is 17.2 Å². The van der Waals surface area contributed by atoms with Crippen LogP contribution in [0.1, 0.15) is 30.6 Å². The number of amides is 1. The molecule has 5 heteroatoms. The van der Waals surface area contributed by atoms with Gasteiger partial charge >= 0.3 is 0 Å². The molecule has 1 heterocycles. The van der Waals surface area contributed by atoms with Crippen LogP contribution >= 0.6 is 0 Å². The number of nitrogens with zero attached hydrogens (tertiary/aromatic N) is 2. The van der Waals surface area contributed by atoms with E-state index in [2.05, 4.69) is 15.3 Å². The summed E-state index contributed by atoms with van der Waals surface area (Å²) in [5.74, 6) is -0.195. The number of carbonyl (C=O) groups excluding carboxylic acids is 1. The Morgan fingerprint density at radius 1 is 1.32 bits per heavy atom. The van der Waals surface area contributed by atoms with E-state index >= 15 is 0 Å². The zero-order chi connectivity index (χ0) is 13.8. The number of fused-ring (bicyclic) bond motifs is 1. The van der Waals surface area contributed by atoms with E-state index in [0.29, 0.717) is 23.0 Å². The van der Waals surface area contributed by atoms with Crippen molar-refractivity contribution in [1.29, 1.82) is 0 Å². The molecule has 0 spiro atoms. The highest BCUT2D eigenvalue weighted by atomic mass is 16.3. The van der Waals surface area contributed by atoms with E-state index < -0.39 is 6.10 Å². The van der Waals surface area contributed by atoms with E-state index in [-0.39, 0.29) is 11.9 Å². The molecule has 0 aliphatic heterocycles. The summed E-state index contributed by atoms with van der Waals surface area (Å²) in [6.07, 6.45) is 3.24. The maximum Gasteiger partial charge on any atom is 0.253 e. The van der Waals surface area contributed by atoms with Crippen molar-refractivity contribution >= 4 is 16.9 Å². The average Bonchev–Trinajstić information content (AvgIpc) is 2.36. The summed E-state index contributed by atoms with van der Waals surface area (Å²) in [4.78, 5) is 20.6. The predicted molar refractivity (Wildman–Crippen MR) is 72.8 cm³/mol. The van der Waals surface area contributed by atoms with Crippen LogP contribution in [0.3, 0.4) is 0 Å². The average molecular weight is 259 g/mol. The van der Waals surface area contributed by atoms with Gasteiger partial charge in [-0.25, -0.2) is 0 Å². The maximum atomic E-state index is 12.2. The van der Waals surface area contributed by atoms with E-state index in [1.807, 2.05) is 13.0 Å². The van der Waals surface area contributed by atoms with Crippen molar-refractivity contribution in [2.75, 3.05) is 0 Å². The molecule has 2 N–H and O–H groups in total. The first-order valence-electron chi connectivity index (χ1n) is 6.26. The fraction of sp³-hybridized carbons (Fsp3) is 0.357. The molecule has 2 rings (SSSR count). The van der Waals surface area contributed by atoms with E-state index in [9.17, 15) is 9.90 Å². The molecule has 1 aromatic heterocycles. The van der Waals surface area contributed by atoms with Crippen LogP contribution in [0.4, 0.5) is 0 Å². The van der Waals surface area contributed by atoms with Crippen molar-refractivity contribution in [3.05, 3.63) is 36.2 Å². The van der Waals surface area contributed by atoms with Crippen molar-refractivity contribution in [3.63, 3.8) is 0 Å². The van der Waals surface area contributed by atoms with Gasteiger partial charge in [0, 0.05) is 18.4 Å². The first kappa shape index (κ1) is 13.4. The SMILES string of the molecule is CC(O)CC(C)NC(=O)c1cccc2nccnc12. The highest BCUT2D eigenvalue weighted by Crippen LogP contribution is 2.14. The summed E-state index contributed by atoms with van der Waals surface area (Å²) in [6.45, 7) is 3.56. The van der Waals surface area contributed by atoms with E-state index in [0.717, 1.165) is 0 Å². The Balaban J connectivity index is 2.22. The Bertz CT molecular complexity index is 578. The normalized spacial score (nSPS) is 14.1. The second-order valence-corrected chi connectivity index (χ2v) is 4.69. The predicted octanol–water partition coefficient (Wildman–Crippen LogP) is 1.52. The standard InChI is InChI=1S/C14H17N3O2/c1-9(8-10(2)18)17-14(19)11-4-3-5-12-13(11)16-7-6-15-12/h3-7,9-10,18H,8H2,1-2H3,(H,17,19). The first-order chi connectivity index (χ1) is 9.08. The Kier molecular flexibility index (Phi) is 4.06. The summed E-state index contributed by atoms with van der Waals surface area (Å²) < 4.78 is 0. The molecule has 19 heavy (non-hydrogen) atoms. The van der Waals surface area contributed by atoms with Crippen LogP contribution in [0.5, 0.6) is 0 Å². The van der Waals surface area contributed by atoms with Gasteiger partial charge in [0.15, 0.2) is 0 Å². The van der Waals surface area contributed by atoms with Crippen molar-refractivity contribution in [2.45, 2.75) is 32.4 Å². The Hall–Kier alpha value is -2.01. The molecular weight excluding hydrogens is 242 g/mol. The summed E-state index contributed by atoms with van der Waals surface area (Å²) in [5, 5.41) is 12.2. The molecule has 2 atom stereocenters. The van der Waals surface area contributed by atoms with Crippen LogP contribution in [0.15, 0.2) is 30.6 Å². The molecule has 0 saturated heterocycles. The molecule has 0 saturated carbocycles. The number of para-hydroxylation sites is 1. The molecule has 0 radical (unpaired) electrons. The number of benzene rings is 1. The maximum absolute atomic E-state index is 12.2. The quantitative estimate of drug-likeness (QED) is 0.873. The molecular formula is C14H17N3O2. The summed E-state index contributed by atoms with van der Waals surface area (Å²) in [7, 11) is 0. The van der Waals surface area contributed by atoms with Gasteiger partial charge in [-0.1, -0.05) is 6.07 Å². The van der Waals surface area contributed by atoms with Crippen molar-refractivity contribution in [2.24, 2.45) is 0 Å². The Morgan fingerprint density at radius 3 is 2.79 bits per heavy atom. The van der Waals surface area contributed by atoms with Crippen molar-refractivity contribution in [1.82, 2.24) is 15.3 Å². The first-order valence-corrected chi connectivity index (χ1v) is 6.26. The second kappa shape index (κ2) is 5.75. The lowest BCUT2D eigenvalue weighted by atomic mass is 10.1. The number of hydrogen-bond donors (Lipinski definition) is 2. The fourth-order valence-corrected chi connectivity index (χ4v) is 2.05. The monoisotopic (exact) mass is 259 g/mol. The highest BCUT2D eigenvalue weighted by Gasteiger charge is 2.14. The van der Waals surface area contributed by atoms with Crippen LogP contribution in [0.2, 0.25) is 0 Å². The fourth-order valence-electron chi connectivity index (χ4n) is 2.05. The van der Waals surface area contributed by atoms with Crippen LogP contribution < -0.4 is 5.32 Å². The summed E-state index contributed by atoms with van der Waals surface area (Å²) in [5.41, 5.74) is 1.79. The molecule has 2 unspecified atom stereocenters. The van der Waals surface area contributed by atoms with Gasteiger partial charge in [-0.05, 0) is 32.4 Å². The number of hydrogen-bond acceptors (Lipinski definition) is 4. The van der Waals surface area contributed by atoms with Crippen LogP contribution in [-0.2, 0) is 0 Å². The van der Waals surface area contributed by atoms with E-state index in [1.54, 1.807) is 31.5 Å². The van der Waals surface area contributed by atoms with Gasteiger partial charge < -0.3 is 10.4 Å². The molecule has 0 bridgehead atoms. The van der Waals surface area contributed by atoms with Crippen LogP contribution in [0.25, 0.3) is 11.0 Å². The molecule has 1 aromatic carbocycles. The topological polar surface area (TPSA) is 75.1 Å². The third-order valence-corrected chi connectivity index (χ3v) is 2.82. The number of rotatable bonds is 4. The van der Waals surface area contributed by atoms with Gasteiger partial charge in [0.1, 0.15) is 5.52 Å². The zero-order valence-corrected chi connectivity index (χ0v) is 11.0. The minimum absolute atomic E-state index is 0.0978. The molecule has 2 aromatic rings. The molecule has 0 aliphatic carbocycles. The molecule has 100 valence electrons. The van der Waals surface area contributed by atoms with Gasteiger partial charge in [-0.15, -0.1) is 0 Å². The zero-order valence-electron chi connectivity index (χ0n) is 11.0. The summed E-state index contributed by atoms with van der Waals surface area (Å²) in [6, 6.07) is 5.23. The Morgan fingerprint density at radius 2 is 2.05 bits per heavy atom. The van der Waals surface area contributed by atoms with Crippen molar-refractivity contribution < 1.29 is 9.90 Å². The third-order valence-electron chi connectivity index (χ3n) is 2.82. The number of carbonyl (C=O) groups is 1. The second-order valence-electron chi connectivity index (χ2n) is 4.69. The minimum Gasteiger partial charge on any atom is -0.393 e. The van der Waals surface area contributed by atoms with E-state index in [1.165, 1.54) is 0 Å². The number of aliphatic hydroxyl groups excluding tert-OH is 1. The van der Waals surface area contributed by atoms with Crippen LogP contribution in [-0.4, -0.2) is 33.1 Å². The molecule has 1 amide bonds. The van der Waals surface area contributed by atoms with Gasteiger partial charge in [-0.3, -0.25) is 14.8 Å². The molecule has 5 nitrogen and oxygen atoms in total. The summed E-state index contributed by atoms with van der Waals surface area (Å²) >= 11 is 0. The lowest BCUT2D eigenvalue weighted by Crippen LogP contribution is -2.34. The third kappa shape index (κ3) is 3.26. The lowest BCUT2D eigenvalue weighted by Gasteiger charge is -2.15. The number of aliphatic hydroxyl groups is 1. The van der Waals surface area contributed by atoms with Gasteiger partial charge in [0.2, 0.25) is 0 Å². The number of nitrogens with one attached hydrogen (secondary N) is 1. The van der Waals surface area contributed by atoms with Gasteiger partial charge in [0.25, 0.3) is 5.91 Å². The molecule has 0 aliphatic rings. The van der Waals surface area contributed by atoms with Crippen molar-refractivity contribution in [3.8, 4) is 0 Å².